The normalized spacial score (nSPS) is 20.7. The van der Waals surface area contributed by atoms with Crippen LogP contribution in [-0.4, -0.2) is 53.4 Å². The zero-order chi connectivity index (χ0) is 23.3. The molecule has 1 saturated carbocycles. The van der Waals surface area contributed by atoms with E-state index in [-0.39, 0.29) is 12.0 Å². The van der Waals surface area contributed by atoms with Crippen molar-refractivity contribution in [1.82, 2.24) is 9.88 Å². The van der Waals surface area contributed by atoms with E-state index in [1.165, 1.54) is 45.1 Å². The molecule has 1 aliphatic carbocycles. The first-order valence-corrected chi connectivity index (χ1v) is 13.0. The molecule has 6 heteroatoms. The largest absolute Gasteiger partial charge is 0.497 e. The lowest BCUT2D eigenvalue weighted by atomic mass is 9.74. The number of nitrogens with zero attached hydrogens (tertiary/aromatic N) is 2. The van der Waals surface area contributed by atoms with Gasteiger partial charge in [0.1, 0.15) is 5.75 Å². The molecule has 0 spiro atoms. The molecular formula is C27H39ClN2O3. The summed E-state index contributed by atoms with van der Waals surface area (Å²) in [5.41, 5.74) is 1.38. The van der Waals surface area contributed by atoms with Crippen LogP contribution in [0, 0.1) is 11.3 Å². The maximum absolute atomic E-state index is 11.1. The molecule has 33 heavy (non-hydrogen) atoms. The van der Waals surface area contributed by atoms with E-state index in [1.807, 2.05) is 18.2 Å². The number of rotatable bonds is 9. The minimum absolute atomic E-state index is 0.116. The number of piperidine rings is 1. The van der Waals surface area contributed by atoms with Gasteiger partial charge in [-0.1, -0.05) is 43.7 Å². The zero-order valence-electron chi connectivity index (χ0n) is 19.9. The third kappa shape index (κ3) is 6.00. The fraction of sp³-hybridized carbons (Fsp3) is 0.667. The second-order valence-corrected chi connectivity index (χ2v) is 10.7. The Morgan fingerprint density at radius 1 is 1.21 bits per heavy atom. The number of ether oxygens (including phenoxy) is 1. The number of fused-ring (bicyclic) bond motifs is 1. The van der Waals surface area contributed by atoms with Crippen LogP contribution < -0.4 is 4.74 Å². The van der Waals surface area contributed by atoms with Crippen LogP contribution in [0.3, 0.4) is 0 Å². The second kappa shape index (κ2) is 11.4. The summed E-state index contributed by atoms with van der Waals surface area (Å²) in [5, 5.41) is 22.7. The first-order valence-electron chi connectivity index (χ1n) is 12.7. The van der Waals surface area contributed by atoms with Crippen LogP contribution in [0.15, 0.2) is 24.4 Å². The highest BCUT2D eigenvalue weighted by Crippen LogP contribution is 2.40. The van der Waals surface area contributed by atoms with Gasteiger partial charge in [0.05, 0.1) is 23.8 Å². The Kier molecular flexibility index (Phi) is 8.50. The molecular weight excluding hydrogens is 436 g/mol. The van der Waals surface area contributed by atoms with Gasteiger partial charge in [0.15, 0.2) is 0 Å². The molecule has 2 heterocycles. The van der Waals surface area contributed by atoms with Crippen molar-refractivity contribution in [2.75, 3.05) is 33.4 Å². The van der Waals surface area contributed by atoms with Crippen molar-refractivity contribution in [3.63, 3.8) is 0 Å². The number of hydrogen-bond acceptors (Lipinski definition) is 5. The smallest absolute Gasteiger partial charge is 0.119 e. The van der Waals surface area contributed by atoms with Crippen molar-refractivity contribution in [3.8, 4) is 5.75 Å². The van der Waals surface area contributed by atoms with Gasteiger partial charge in [-0.05, 0) is 81.3 Å². The van der Waals surface area contributed by atoms with Crippen LogP contribution in [-0.2, 0) is 0 Å². The van der Waals surface area contributed by atoms with Crippen molar-refractivity contribution in [1.29, 1.82) is 0 Å². The summed E-state index contributed by atoms with van der Waals surface area (Å²) in [6.07, 6.45) is 12.6. The molecule has 0 bridgehead atoms. The van der Waals surface area contributed by atoms with E-state index in [0.717, 1.165) is 49.2 Å². The average molecular weight is 475 g/mol. The summed E-state index contributed by atoms with van der Waals surface area (Å²) < 4.78 is 5.36. The number of aliphatic hydroxyl groups excluding tert-OH is 2. The van der Waals surface area contributed by atoms with Crippen LogP contribution in [0.4, 0.5) is 0 Å². The number of hydrogen-bond donors (Lipinski definition) is 2. The van der Waals surface area contributed by atoms with Crippen LogP contribution in [0.1, 0.15) is 75.9 Å². The topological polar surface area (TPSA) is 65.8 Å². The number of aromatic nitrogens is 1. The van der Waals surface area contributed by atoms with E-state index in [4.69, 9.17) is 16.3 Å². The molecule has 5 nitrogen and oxygen atoms in total. The molecule has 2 fully saturated rings. The zero-order valence-corrected chi connectivity index (χ0v) is 20.7. The van der Waals surface area contributed by atoms with E-state index in [9.17, 15) is 10.2 Å². The number of likely N-dealkylation sites (tertiary alicyclic amines) is 1. The van der Waals surface area contributed by atoms with Gasteiger partial charge in [0.2, 0.25) is 0 Å². The molecule has 1 aromatic carbocycles. The Morgan fingerprint density at radius 3 is 2.67 bits per heavy atom. The Bertz CT molecular complexity index is 908. The molecule has 2 N–H and O–H groups in total. The highest BCUT2D eigenvalue weighted by molar-refractivity contribution is 6.32. The number of aliphatic hydroxyl groups is 2. The lowest BCUT2D eigenvalue weighted by molar-refractivity contribution is 0.0218. The molecule has 2 aliphatic rings. The number of methoxy groups -OCH3 is 1. The predicted molar refractivity (Wildman–Crippen MR) is 134 cm³/mol. The van der Waals surface area contributed by atoms with Gasteiger partial charge >= 0.3 is 0 Å². The summed E-state index contributed by atoms with van der Waals surface area (Å²) in [5.74, 6) is 1.63. The molecule has 1 atom stereocenters. The maximum Gasteiger partial charge on any atom is 0.119 e. The molecule has 0 radical (unpaired) electrons. The van der Waals surface area contributed by atoms with Crippen LogP contribution in [0.25, 0.3) is 10.9 Å². The average Bonchev–Trinajstić information content (AvgIpc) is 2.87. The van der Waals surface area contributed by atoms with Crippen molar-refractivity contribution in [2.24, 2.45) is 11.3 Å². The van der Waals surface area contributed by atoms with Gasteiger partial charge in [0.25, 0.3) is 0 Å². The molecule has 1 aliphatic heterocycles. The highest BCUT2D eigenvalue weighted by atomic mass is 35.5. The van der Waals surface area contributed by atoms with Crippen LogP contribution >= 0.6 is 11.6 Å². The van der Waals surface area contributed by atoms with E-state index >= 15 is 0 Å². The summed E-state index contributed by atoms with van der Waals surface area (Å²) in [4.78, 5) is 6.98. The van der Waals surface area contributed by atoms with Gasteiger partial charge in [-0.15, -0.1) is 0 Å². The number of halogens is 1. The molecule has 1 aromatic heterocycles. The first-order chi connectivity index (χ1) is 16.0. The molecule has 4 rings (SSSR count). The van der Waals surface area contributed by atoms with Crippen LogP contribution in [0.5, 0.6) is 5.75 Å². The minimum Gasteiger partial charge on any atom is -0.497 e. The molecule has 2 aromatic rings. The van der Waals surface area contributed by atoms with E-state index in [2.05, 4.69) is 9.88 Å². The fourth-order valence-corrected chi connectivity index (χ4v) is 6.08. The number of pyridine rings is 1. The van der Waals surface area contributed by atoms with Crippen LogP contribution in [0.2, 0.25) is 5.02 Å². The molecule has 0 amide bonds. The molecule has 182 valence electrons. The highest BCUT2D eigenvalue weighted by Gasteiger charge is 2.35. The van der Waals surface area contributed by atoms with E-state index < -0.39 is 6.10 Å². The third-order valence-corrected chi connectivity index (χ3v) is 8.48. The number of benzene rings is 1. The summed E-state index contributed by atoms with van der Waals surface area (Å²) >= 11 is 6.48. The molecule has 1 saturated heterocycles. The van der Waals surface area contributed by atoms with Crippen molar-refractivity contribution < 1.29 is 14.9 Å². The third-order valence-electron chi connectivity index (χ3n) is 8.18. The van der Waals surface area contributed by atoms with Gasteiger partial charge in [-0.3, -0.25) is 4.98 Å². The fourth-order valence-electron chi connectivity index (χ4n) is 5.80. The van der Waals surface area contributed by atoms with Gasteiger partial charge in [0, 0.05) is 23.8 Å². The summed E-state index contributed by atoms with van der Waals surface area (Å²) in [6, 6.07) is 5.64. The Morgan fingerprint density at radius 2 is 1.97 bits per heavy atom. The minimum atomic E-state index is -0.706. The Labute approximate surface area is 203 Å². The first kappa shape index (κ1) is 24.7. The Balaban J connectivity index is 1.35. The van der Waals surface area contributed by atoms with E-state index in [0.29, 0.717) is 22.8 Å². The van der Waals surface area contributed by atoms with Gasteiger partial charge < -0.3 is 19.8 Å². The monoisotopic (exact) mass is 474 g/mol. The quantitative estimate of drug-likeness (QED) is 0.484. The van der Waals surface area contributed by atoms with Gasteiger partial charge in [-0.2, -0.15) is 0 Å². The molecule has 0 unspecified atom stereocenters. The SMILES string of the molecule is COc1ccc2ncc(Cl)c([C@H](O)CCC3(CO)CCN(CCC4CCCCC4)CC3)c2c1. The maximum atomic E-state index is 11.1. The summed E-state index contributed by atoms with van der Waals surface area (Å²) in [7, 11) is 1.63. The second-order valence-electron chi connectivity index (χ2n) is 10.2. The van der Waals surface area contributed by atoms with Crippen molar-refractivity contribution >= 4 is 22.5 Å². The lowest BCUT2D eigenvalue weighted by Gasteiger charge is -2.41. The summed E-state index contributed by atoms with van der Waals surface area (Å²) in [6.45, 7) is 3.45. The standard InChI is InChI=1S/C27H39ClN2O3/c1-33-21-7-8-24-22(17-21)26(23(28)18-29-24)25(32)9-11-27(19-31)12-15-30(16-13-27)14-10-20-5-3-2-4-6-20/h7-8,17-18,20,25,31-32H,2-6,9-16,19H2,1H3/t25-/m1/s1. The van der Waals surface area contributed by atoms with Gasteiger partial charge in [-0.25, -0.2) is 0 Å². The Hall–Kier alpha value is -1.40. The lowest BCUT2D eigenvalue weighted by Crippen LogP contribution is -2.42. The van der Waals surface area contributed by atoms with Crippen molar-refractivity contribution in [3.05, 3.63) is 35.0 Å². The van der Waals surface area contributed by atoms with E-state index in [1.54, 1.807) is 13.3 Å². The van der Waals surface area contributed by atoms with Crippen molar-refractivity contribution in [2.45, 2.75) is 70.3 Å². The predicted octanol–water partition coefficient (Wildman–Crippen LogP) is 5.76.